The van der Waals surface area contributed by atoms with E-state index in [0.29, 0.717) is 5.75 Å². The lowest BCUT2D eigenvalue weighted by Gasteiger charge is -2.14. The molecular weight excluding hydrogens is 350 g/mol. The Bertz CT molecular complexity index is 831. The molecule has 9 nitrogen and oxygen atoms in total. The molecule has 1 atom stereocenters. The van der Waals surface area contributed by atoms with Crippen LogP contribution in [0.25, 0.3) is 0 Å². The van der Waals surface area contributed by atoms with Gasteiger partial charge < -0.3 is 9.15 Å². The number of carbonyl (C=O) groups excluding carboxylic acids is 2. The van der Waals surface area contributed by atoms with E-state index >= 15 is 0 Å². The van der Waals surface area contributed by atoms with Crippen molar-refractivity contribution in [2.75, 3.05) is 7.11 Å². The number of methoxy groups -OCH3 is 1. The Hall–Kier alpha value is -2.85. The predicted octanol–water partition coefficient (Wildman–Crippen LogP) is 0.416. The number of carbonyl (C=O) groups is 2. The summed E-state index contributed by atoms with van der Waals surface area (Å²) in [6.07, 6.45) is 1.31. The summed E-state index contributed by atoms with van der Waals surface area (Å²) in [7, 11) is -2.45. The average Bonchev–Trinajstić information content (AvgIpc) is 3.13. The minimum absolute atomic E-state index is 0.00627. The lowest BCUT2D eigenvalue weighted by molar-refractivity contribution is -0.123. The van der Waals surface area contributed by atoms with Crippen molar-refractivity contribution in [2.24, 2.45) is 0 Å². The molecule has 2 aromatic rings. The smallest absolute Gasteiger partial charge is 0.305 e. The van der Waals surface area contributed by atoms with Crippen LogP contribution in [0.15, 0.2) is 52.0 Å². The van der Waals surface area contributed by atoms with Crippen LogP contribution in [0.2, 0.25) is 0 Å². The Morgan fingerprint density at radius 2 is 1.80 bits per heavy atom. The first kappa shape index (κ1) is 18.5. The van der Waals surface area contributed by atoms with Crippen molar-refractivity contribution in [3.05, 3.63) is 48.4 Å². The molecule has 1 aromatic carbocycles. The zero-order chi connectivity index (χ0) is 18.4. The van der Waals surface area contributed by atoms with Crippen molar-refractivity contribution in [3.63, 3.8) is 0 Å². The summed E-state index contributed by atoms with van der Waals surface area (Å²) < 4.78 is 36.5. The van der Waals surface area contributed by atoms with Gasteiger partial charge >= 0.3 is 5.91 Å². The van der Waals surface area contributed by atoms with Crippen molar-refractivity contribution in [1.29, 1.82) is 0 Å². The molecule has 0 bridgehead atoms. The first-order valence-electron chi connectivity index (χ1n) is 7.13. The molecule has 0 aliphatic carbocycles. The quantitative estimate of drug-likeness (QED) is 0.635. The van der Waals surface area contributed by atoms with Crippen LogP contribution in [0.3, 0.4) is 0 Å². The summed E-state index contributed by atoms with van der Waals surface area (Å²) in [6, 6.07) is 7.49. The Morgan fingerprint density at radius 1 is 1.12 bits per heavy atom. The highest BCUT2D eigenvalue weighted by Crippen LogP contribution is 2.15. The number of ether oxygens (including phenoxy) is 1. The van der Waals surface area contributed by atoms with Crippen LogP contribution in [-0.4, -0.2) is 33.4 Å². The number of sulfonamides is 1. The van der Waals surface area contributed by atoms with Gasteiger partial charge in [-0.1, -0.05) is 0 Å². The molecule has 0 radical (unpaired) electrons. The molecule has 0 saturated carbocycles. The number of hydrazine groups is 1. The van der Waals surface area contributed by atoms with Crippen LogP contribution < -0.4 is 20.3 Å². The monoisotopic (exact) mass is 367 g/mol. The van der Waals surface area contributed by atoms with E-state index in [4.69, 9.17) is 9.15 Å². The second kappa shape index (κ2) is 7.81. The number of hydrogen-bond acceptors (Lipinski definition) is 6. The second-order valence-electron chi connectivity index (χ2n) is 4.94. The van der Waals surface area contributed by atoms with Crippen molar-refractivity contribution in [1.82, 2.24) is 15.6 Å². The van der Waals surface area contributed by atoms with Crippen LogP contribution in [0.4, 0.5) is 0 Å². The van der Waals surface area contributed by atoms with Crippen LogP contribution in [0, 0.1) is 0 Å². The van der Waals surface area contributed by atoms with Gasteiger partial charge in [0, 0.05) is 0 Å². The Morgan fingerprint density at radius 3 is 2.36 bits per heavy atom. The summed E-state index contributed by atoms with van der Waals surface area (Å²) in [5.41, 5.74) is 4.24. The lowest BCUT2D eigenvalue weighted by atomic mass is 10.3. The van der Waals surface area contributed by atoms with E-state index in [9.17, 15) is 18.0 Å². The summed E-state index contributed by atoms with van der Waals surface area (Å²) in [5, 5.41) is 0. The predicted molar refractivity (Wildman–Crippen MR) is 87.1 cm³/mol. The van der Waals surface area contributed by atoms with Crippen molar-refractivity contribution >= 4 is 21.8 Å². The SMILES string of the molecule is COc1ccc(S(=O)(=O)N[C@@H](C)C(=O)NNC(=O)c2ccco2)cc1. The van der Waals surface area contributed by atoms with E-state index in [-0.39, 0.29) is 10.7 Å². The van der Waals surface area contributed by atoms with Crippen molar-refractivity contribution in [2.45, 2.75) is 17.9 Å². The maximum Gasteiger partial charge on any atom is 0.305 e. The Kier molecular flexibility index (Phi) is 5.78. The van der Waals surface area contributed by atoms with Gasteiger partial charge in [0.15, 0.2) is 5.76 Å². The summed E-state index contributed by atoms with van der Waals surface area (Å²) in [4.78, 5) is 23.5. The van der Waals surface area contributed by atoms with Crippen LogP contribution in [0.1, 0.15) is 17.5 Å². The minimum atomic E-state index is -3.91. The number of nitrogens with one attached hydrogen (secondary N) is 3. The average molecular weight is 367 g/mol. The molecule has 134 valence electrons. The second-order valence-corrected chi connectivity index (χ2v) is 6.65. The molecule has 1 heterocycles. The molecule has 25 heavy (non-hydrogen) atoms. The van der Waals surface area contributed by atoms with Gasteiger partial charge in [-0.15, -0.1) is 0 Å². The molecule has 1 aromatic heterocycles. The highest BCUT2D eigenvalue weighted by molar-refractivity contribution is 7.89. The van der Waals surface area contributed by atoms with Crippen LogP contribution in [-0.2, 0) is 14.8 Å². The highest BCUT2D eigenvalue weighted by atomic mass is 32.2. The molecule has 0 spiro atoms. The van der Waals surface area contributed by atoms with Gasteiger partial charge in [0.1, 0.15) is 5.75 Å². The molecule has 0 unspecified atom stereocenters. The Balaban J connectivity index is 1.93. The first-order chi connectivity index (χ1) is 11.8. The van der Waals surface area contributed by atoms with E-state index in [1.807, 2.05) is 0 Å². The topological polar surface area (TPSA) is 127 Å². The molecule has 0 saturated heterocycles. The van der Waals surface area contributed by atoms with Gasteiger partial charge in [0.2, 0.25) is 10.0 Å². The maximum atomic E-state index is 12.2. The van der Waals surface area contributed by atoms with Crippen molar-refractivity contribution < 1.29 is 27.2 Å². The molecule has 2 rings (SSSR count). The number of furan rings is 1. The summed E-state index contributed by atoms with van der Waals surface area (Å²) in [5.74, 6) is -0.891. The first-order valence-corrected chi connectivity index (χ1v) is 8.62. The highest BCUT2D eigenvalue weighted by Gasteiger charge is 2.22. The molecule has 2 amide bonds. The van der Waals surface area contributed by atoms with Gasteiger partial charge in [-0.2, -0.15) is 4.72 Å². The van der Waals surface area contributed by atoms with Crippen LogP contribution >= 0.6 is 0 Å². The van der Waals surface area contributed by atoms with E-state index < -0.39 is 27.9 Å². The fourth-order valence-corrected chi connectivity index (χ4v) is 3.01. The number of hydrogen-bond donors (Lipinski definition) is 3. The zero-order valence-electron chi connectivity index (χ0n) is 13.5. The lowest BCUT2D eigenvalue weighted by Crippen LogP contribution is -2.50. The standard InChI is InChI=1S/C15H17N3O6S/c1-10(14(19)16-17-15(20)13-4-3-9-24-13)18-25(21,22)12-7-5-11(23-2)6-8-12/h3-10,18H,1-2H3,(H,16,19)(H,17,20)/t10-/m0/s1. The third kappa shape index (κ3) is 4.81. The maximum absolute atomic E-state index is 12.2. The summed E-state index contributed by atoms with van der Waals surface area (Å²) in [6.45, 7) is 1.34. The molecule has 3 N–H and O–H groups in total. The number of amides is 2. The molecule has 10 heteroatoms. The van der Waals surface area contributed by atoms with Gasteiger partial charge in [-0.3, -0.25) is 20.4 Å². The Labute approximate surface area is 144 Å². The van der Waals surface area contributed by atoms with Gasteiger partial charge in [0.25, 0.3) is 5.91 Å². The third-order valence-electron chi connectivity index (χ3n) is 3.14. The van der Waals surface area contributed by atoms with Gasteiger partial charge in [-0.25, -0.2) is 8.42 Å². The molecule has 0 aliphatic heterocycles. The largest absolute Gasteiger partial charge is 0.497 e. The number of benzene rings is 1. The minimum Gasteiger partial charge on any atom is -0.497 e. The van der Waals surface area contributed by atoms with E-state index in [1.165, 1.54) is 56.7 Å². The molecule has 0 fully saturated rings. The molecular formula is C15H17N3O6S. The summed E-state index contributed by atoms with van der Waals surface area (Å²) >= 11 is 0. The fraction of sp³-hybridized carbons (Fsp3) is 0.200. The van der Waals surface area contributed by atoms with E-state index in [0.717, 1.165) is 0 Å². The van der Waals surface area contributed by atoms with Crippen molar-refractivity contribution in [3.8, 4) is 5.75 Å². The normalized spacial score (nSPS) is 12.2. The molecule has 0 aliphatic rings. The van der Waals surface area contributed by atoms with Crippen LogP contribution in [0.5, 0.6) is 5.75 Å². The third-order valence-corrected chi connectivity index (χ3v) is 4.70. The number of rotatable bonds is 6. The van der Waals surface area contributed by atoms with Gasteiger partial charge in [-0.05, 0) is 43.3 Å². The fourth-order valence-electron chi connectivity index (χ4n) is 1.81. The zero-order valence-corrected chi connectivity index (χ0v) is 14.3. The van der Waals surface area contributed by atoms with E-state index in [2.05, 4.69) is 15.6 Å². The van der Waals surface area contributed by atoms with Gasteiger partial charge in [0.05, 0.1) is 24.3 Å². The van der Waals surface area contributed by atoms with E-state index in [1.54, 1.807) is 0 Å².